The highest BCUT2D eigenvalue weighted by Crippen LogP contribution is 2.61. The van der Waals surface area contributed by atoms with Gasteiger partial charge >= 0.3 is 5.97 Å². The van der Waals surface area contributed by atoms with E-state index in [2.05, 4.69) is 35.8 Å². The van der Waals surface area contributed by atoms with Gasteiger partial charge in [-0.05, 0) is 54.7 Å². The number of para-hydroxylation sites is 1. The van der Waals surface area contributed by atoms with Gasteiger partial charge in [0.15, 0.2) is 0 Å². The number of rotatable bonds is 2. The predicted molar refractivity (Wildman–Crippen MR) is 107 cm³/mol. The lowest BCUT2D eigenvalue weighted by Crippen LogP contribution is -2.38. The van der Waals surface area contributed by atoms with E-state index in [1.807, 2.05) is 25.1 Å². The fourth-order valence-electron chi connectivity index (χ4n) is 5.08. The molecule has 0 aromatic heterocycles. The van der Waals surface area contributed by atoms with Crippen LogP contribution in [0.4, 0.5) is 5.69 Å². The van der Waals surface area contributed by atoms with Crippen LogP contribution in [-0.2, 0) is 14.9 Å². The SMILES string of the molecule is CCOC(=O)C1=C2NCC[C@@]23c2cccc(C)c2N[C@H]3c2ccc(Cl)cc21. The lowest BCUT2D eigenvalue weighted by Gasteiger charge is -2.39. The smallest absolute Gasteiger partial charge is 0.340 e. The third-order valence-corrected chi connectivity index (χ3v) is 6.36. The molecule has 27 heavy (non-hydrogen) atoms. The zero-order valence-corrected chi connectivity index (χ0v) is 16.1. The summed E-state index contributed by atoms with van der Waals surface area (Å²) in [5.74, 6) is -0.288. The molecule has 5 heteroatoms. The molecule has 0 amide bonds. The minimum Gasteiger partial charge on any atom is -0.462 e. The number of nitrogens with one attached hydrogen (secondary N) is 2. The summed E-state index contributed by atoms with van der Waals surface area (Å²) < 4.78 is 5.44. The van der Waals surface area contributed by atoms with Gasteiger partial charge in [0.2, 0.25) is 0 Å². The highest BCUT2D eigenvalue weighted by atomic mass is 35.5. The van der Waals surface area contributed by atoms with Crippen LogP contribution in [0.3, 0.4) is 0 Å². The number of benzene rings is 2. The second kappa shape index (κ2) is 5.77. The number of carbonyl (C=O) groups excluding carboxylic acids is 1. The lowest BCUT2D eigenvalue weighted by molar-refractivity contribution is -0.136. The average molecular weight is 381 g/mol. The molecule has 0 unspecified atom stereocenters. The minimum absolute atomic E-state index is 0.0732. The van der Waals surface area contributed by atoms with Crippen molar-refractivity contribution in [3.8, 4) is 0 Å². The van der Waals surface area contributed by atoms with E-state index in [1.54, 1.807) is 0 Å². The summed E-state index contributed by atoms with van der Waals surface area (Å²) in [7, 11) is 0. The molecule has 1 saturated heterocycles. The third-order valence-electron chi connectivity index (χ3n) is 6.13. The van der Waals surface area contributed by atoms with Gasteiger partial charge in [-0.2, -0.15) is 0 Å². The zero-order valence-electron chi connectivity index (χ0n) is 15.4. The Kier molecular flexibility index (Phi) is 3.57. The van der Waals surface area contributed by atoms with E-state index in [0.717, 1.165) is 29.8 Å². The van der Waals surface area contributed by atoms with Crippen molar-refractivity contribution in [2.45, 2.75) is 31.7 Å². The molecule has 138 valence electrons. The quantitative estimate of drug-likeness (QED) is 0.761. The fourth-order valence-corrected chi connectivity index (χ4v) is 5.25. The molecule has 1 aliphatic carbocycles. The second-order valence-corrected chi connectivity index (χ2v) is 7.86. The van der Waals surface area contributed by atoms with E-state index in [9.17, 15) is 4.79 Å². The Morgan fingerprint density at radius 3 is 3.00 bits per heavy atom. The maximum Gasteiger partial charge on any atom is 0.340 e. The average Bonchev–Trinajstić information content (AvgIpc) is 3.22. The normalized spacial score (nSPS) is 24.3. The van der Waals surface area contributed by atoms with E-state index >= 15 is 0 Å². The third kappa shape index (κ3) is 2.08. The molecule has 2 heterocycles. The van der Waals surface area contributed by atoms with Crippen molar-refractivity contribution < 1.29 is 9.53 Å². The van der Waals surface area contributed by atoms with Crippen molar-refractivity contribution >= 4 is 28.8 Å². The molecular weight excluding hydrogens is 360 g/mol. The maximum atomic E-state index is 13.0. The van der Waals surface area contributed by atoms with Crippen molar-refractivity contribution in [2.24, 2.45) is 0 Å². The molecule has 0 bridgehead atoms. The van der Waals surface area contributed by atoms with Crippen LogP contribution >= 0.6 is 11.6 Å². The molecule has 2 aliphatic heterocycles. The zero-order chi connectivity index (χ0) is 18.8. The number of anilines is 1. The summed E-state index contributed by atoms with van der Waals surface area (Å²) in [4.78, 5) is 13.0. The largest absolute Gasteiger partial charge is 0.462 e. The molecule has 3 aliphatic rings. The Balaban J connectivity index is 1.85. The first-order valence-corrected chi connectivity index (χ1v) is 9.78. The van der Waals surface area contributed by atoms with Gasteiger partial charge in [-0.3, -0.25) is 0 Å². The molecule has 1 spiro atoms. The van der Waals surface area contributed by atoms with Crippen LogP contribution in [0.5, 0.6) is 0 Å². The van der Waals surface area contributed by atoms with Crippen LogP contribution in [0.25, 0.3) is 5.57 Å². The van der Waals surface area contributed by atoms with Crippen molar-refractivity contribution in [3.63, 3.8) is 0 Å². The highest BCUT2D eigenvalue weighted by Gasteiger charge is 2.57. The minimum atomic E-state index is -0.288. The molecule has 1 fully saturated rings. The molecule has 2 aromatic carbocycles. The Morgan fingerprint density at radius 2 is 2.19 bits per heavy atom. The van der Waals surface area contributed by atoms with Crippen molar-refractivity contribution in [3.05, 3.63) is 69.4 Å². The molecular formula is C22H21ClN2O2. The molecule has 4 nitrogen and oxygen atoms in total. The molecule has 2 N–H and O–H groups in total. The first-order valence-electron chi connectivity index (χ1n) is 9.40. The Bertz CT molecular complexity index is 1010. The lowest BCUT2D eigenvalue weighted by atomic mass is 9.65. The molecule has 5 rings (SSSR count). The Labute approximate surface area is 163 Å². The molecule has 2 atom stereocenters. The number of ether oxygens (including phenoxy) is 1. The number of hydrogen-bond acceptors (Lipinski definition) is 4. The van der Waals surface area contributed by atoms with Gasteiger partial charge in [0.05, 0.1) is 23.6 Å². The number of aryl methyl sites for hydroxylation is 1. The Hall–Kier alpha value is -2.46. The van der Waals surface area contributed by atoms with Crippen LogP contribution in [0.2, 0.25) is 5.02 Å². The molecule has 0 saturated carbocycles. The summed E-state index contributed by atoms with van der Waals surface area (Å²) in [6, 6.07) is 12.3. The van der Waals surface area contributed by atoms with E-state index in [0.29, 0.717) is 17.2 Å². The fraction of sp³-hybridized carbons (Fsp3) is 0.318. The van der Waals surface area contributed by atoms with Gasteiger partial charge in [0.25, 0.3) is 0 Å². The number of carbonyl (C=O) groups is 1. The van der Waals surface area contributed by atoms with Gasteiger partial charge in [0.1, 0.15) is 0 Å². The highest BCUT2D eigenvalue weighted by molar-refractivity contribution is 6.31. The summed E-state index contributed by atoms with van der Waals surface area (Å²) in [6.45, 7) is 5.13. The number of hydrogen-bond donors (Lipinski definition) is 2. The maximum absolute atomic E-state index is 13.0. The summed E-state index contributed by atoms with van der Waals surface area (Å²) in [5, 5.41) is 7.91. The summed E-state index contributed by atoms with van der Waals surface area (Å²) in [6.07, 6.45) is 0.932. The van der Waals surface area contributed by atoms with E-state index in [4.69, 9.17) is 16.3 Å². The topological polar surface area (TPSA) is 50.4 Å². The van der Waals surface area contributed by atoms with Crippen molar-refractivity contribution in [2.75, 3.05) is 18.5 Å². The predicted octanol–water partition coefficient (Wildman–Crippen LogP) is 4.33. The summed E-state index contributed by atoms with van der Waals surface area (Å²) in [5.41, 5.74) is 6.94. The number of fused-ring (bicyclic) bond motifs is 3. The van der Waals surface area contributed by atoms with Gasteiger partial charge in [0, 0.05) is 23.0 Å². The van der Waals surface area contributed by atoms with Gasteiger partial charge in [-0.1, -0.05) is 35.9 Å². The first kappa shape index (κ1) is 16.7. The number of esters is 1. The second-order valence-electron chi connectivity index (χ2n) is 7.42. The van der Waals surface area contributed by atoms with Crippen molar-refractivity contribution in [1.82, 2.24) is 5.32 Å². The van der Waals surface area contributed by atoms with E-state index in [-0.39, 0.29) is 17.4 Å². The molecule has 0 radical (unpaired) electrons. The van der Waals surface area contributed by atoms with E-state index in [1.165, 1.54) is 16.8 Å². The standard InChI is InChI=1S/C22H21ClN2O2/c1-3-27-21(26)17-15-11-13(23)7-8-14(15)19-22(9-10-24-20(17)22)16-6-4-5-12(2)18(16)25-19/h4-8,11,19,24-25H,3,9-10H2,1-2H3/t19-,22-/m0/s1. The van der Waals surface area contributed by atoms with Crippen LogP contribution in [0.1, 0.15) is 41.6 Å². The first-order chi connectivity index (χ1) is 13.1. The van der Waals surface area contributed by atoms with Crippen LogP contribution in [0.15, 0.2) is 42.1 Å². The van der Waals surface area contributed by atoms with Gasteiger partial charge < -0.3 is 15.4 Å². The summed E-state index contributed by atoms with van der Waals surface area (Å²) >= 11 is 6.31. The van der Waals surface area contributed by atoms with E-state index < -0.39 is 0 Å². The Morgan fingerprint density at radius 1 is 1.33 bits per heavy atom. The van der Waals surface area contributed by atoms with Crippen LogP contribution in [0, 0.1) is 6.92 Å². The molecule has 2 aromatic rings. The monoisotopic (exact) mass is 380 g/mol. The van der Waals surface area contributed by atoms with Crippen molar-refractivity contribution in [1.29, 1.82) is 0 Å². The number of halogens is 1. The van der Waals surface area contributed by atoms with Crippen LogP contribution < -0.4 is 10.6 Å². The van der Waals surface area contributed by atoms with Gasteiger partial charge in [-0.25, -0.2) is 4.79 Å². The van der Waals surface area contributed by atoms with Crippen LogP contribution in [-0.4, -0.2) is 19.1 Å². The van der Waals surface area contributed by atoms with Gasteiger partial charge in [-0.15, -0.1) is 0 Å².